The van der Waals surface area contributed by atoms with Crippen LogP contribution >= 0.6 is 0 Å². The molecule has 0 aliphatic rings. The summed E-state index contributed by atoms with van der Waals surface area (Å²) in [4.78, 5) is 0. The molecule has 0 aliphatic carbocycles. The highest BCUT2D eigenvalue weighted by atomic mass is 15.1. The Kier molecular flexibility index (Phi) is 5.12. The van der Waals surface area contributed by atoms with Gasteiger partial charge in [-0.3, -0.25) is 15.3 Å². The van der Waals surface area contributed by atoms with Crippen molar-refractivity contribution in [2.75, 3.05) is 0 Å². The Balaban J connectivity index is 1.59. The number of benzene rings is 3. The van der Waals surface area contributed by atoms with Crippen LogP contribution in [0.4, 0.5) is 0 Å². The third-order valence-electron chi connectivity index (χ3n) is 6.13. The van der Waals surface area contributed by atoms with Crippen molar-refractivity contribution in [1.29, 1.82) is 0 Å². The summed E-state index contributed by atoms with van der Waals surface area (Å²) >= 11 is 0. The maximum atomic E-state index is 4.46. The van der Waals surface area contributed by atoms with Crippen LogP contribution in [-0.2, 0) is 0 Å². The highest BCUT2D eigenvalue weighted by Crippen LogP contribution is 2.20. The molecule has 6 nitrogen and oxygen atoms in total. The van der Waals surface area contributed by atoms with Gasteiger partial charge in [-0.05, 0) is 33.1 Å². The first kappa shape index (κ1) is 20.0. The lowest BCUT2D eigenvalue weighted by Gasteiger charge is -2.16. The second-order valence-corrected chi connectivity index (χ2v) is 8.13. The molecule has 0 aliphatic heterocycles. The summed E-state index contributed by atoms with van der Waals surface area (Å²) in [6.45, 7) is -0.156. The highest BCUT2D eigenvalue weighted by molar-refractivity contribution is 6.97. The van der Waals surface area contributed by atoms with E-state index < -0.39 is 0 Å². The standard InChI is InChI=1S/C27H21BN6/c1-4-10-19(11-5-1)25-22(16-29-32-25)28(23-17-30-33-26(23)20-12-6-2-7-13-20)24-18-31-34-27(24)21-14-8-3-9-15-21/h1-18H,(H,29,32)(H,30,33)(H,31,34). The maximum Gasteiger partial charge on any atom is 0.255 e. The first-order chi connectivity index (χ1) is 16.9. The average Bonchev–Trinajstić information content (AvgIpc) is 3.68. The fourth-order valence-corrected chi connectivity index (χ4v) is 4.55. The molecule has 7 heteroatoms. The molecule has 0 saturated heterocycles. The van der Waals surface area contributed by atoms with Gasteiger partial charge >= 0.3 is 0 Å². The molecule has 34 heavy (non-hydrogen) atoms. The molecule has 6 rings (SSSR count). The van der Waals surface area contributed by atoms with Crippen molar-refractivity contribution in [3.63, 3.8) is 0 Å². The van der Waals surface area contributed by atoms with Gasteiger partial charge in [-0.15, -0.1) is 0 Å². The molecular weight excluding hydrogens is 419 g/mol. The molecular formula is C27H21BN6. The molecule has 0 spiro atoms. The topological polar surface area (TPSA) is 86.0 Å². The molecule has 3 N–H and O–H groups in total. The SMILES string of the molecule is c1ccc(-c2[nH]ncc2B(c2cn[nH]c2-c2ccccc2)c2cn[nH]c2-c2ccccc2)cc1. The van der Waals surface area contributed by atoms with Gasteiger partial charge in [0.05, 0.1) is 17.1 Å². The average molecular weight is 440 g/mol. The lowest BCUT2D eigenvalue weighted by atomic mass is 9.36. The first-order valence-electron chi connectivity index (χ1n) is 11.2. The van der Waals surface area contributed by atoms with E-state index in [9.17, 15) is 0 Å². The summed E-state index contributed by atoms with van der Waals surface area (Å²) in [6.07, 6.45) is 5.74. The summed E-state index contributed by atoms with van der Waals surface area (Å²) in [6, 6.07) is 30.8. The molecule has 3 aromatic heterocycles. The van der Waals surface area contributed by atoms with Crippen molar-refractivity contribution in [3.8, 4) is 33.8 Å². The molecule has 3 heterocycles. The van der Waals surface area contributed by atoms with E-state index in [0.29, 0.717) is 0 Å². The van der Waals surface area contributed by atoms with Gasteiger partial charge in [0.15, 0.2) is 0 Å². The van der Waals surface area contributed by atoms with Crippen LogP contribution < -0.4 is 16.4 Å². The molecule has 3 aromatic carbocycles. The lowest BCUT2D eigenvalue weighted by molar-refractivity contribution is 1.10. The smallest absolute Gasteiger partial charge is 0.255 e. The predicted octanol–water partition coefficient (Wildman–Crippen LogP) is 3.37. The molecule has 0 radical (unpaired) electrons. The molecule has 6 aromatic rings. The van der Waals surface area contributed by atoms with E-state index in [1.807, 2.05) is 73.2 Å². The Labute approximate surface area is 197 Å². The van der Waals surface area contributed by atoms with Crippen LogP contribution in [-0.4, -0.2) is 37.3 Å². The molecule has 0 fully saturated rings. The van der Waals surface area contributed by atoms with Gasteiger partial charge in [0, 0.05) is 18.6 Å². The van der Waals surface area contributed by atoms with E-state index in [1.165, 1.54) is 0 Å². The Morgan fingerprint density at radius 2 is 0.706 bits per heavy atom. The van der Waals surface area contributed by atoms with Crippen LogP contribution in [0.25, 0.3) is 33.8 Å². The van der Waals surface area contributed by atoms with E-state index in [1.54, 1.807) is 0 Å². The lowest BCUT2D eigenvalue weighted by Crippen LogP contribution is -2.53. The maximum absolute atomic E-state index is 4.46. The Morgan fingerprint density at radius 3 is 1.00 bits per heavy atom. The van der Waals surface area contributed by atoms with E-state index in [4.69, 9.17) is 0 Å². The van der Waals surface area contributed by atoms with Crippen molar-refractivity contribution in [1.82, 2.24) is 30.6 Å². The van der Waals surface area contributed by atoms with Crippen molar-refractivity contribution < 1.29 is 0 Å². The predicted molar refractivity (Wildman–Crippen MR) is 137 cm³/mol. The van der Waals surface area contributed by atoms with Crippen LogP contribution in [0.3, 0.4) is 0 Å². The molecule has 0 unspecified atom stereocenters. The normalized spacial score (nSPS) is 10.9. The van der Waals surface area contributed by atoms with Gasteiger partial charge < -0.3 is 0 Å². The number of hydrogen-bond donors (Lipinski definition) is 3. The number of aromatic nitrogens is 6. The zero-order chi connectivity index (χ0) is 22.7. The van der Waals surface area contributed by atoms with Gasteiger partial charge in [0.2, 0.25) is 0 Å². The fourth-order valence-electron chi connectivity index (χ4n) is 4.55. The van der Waals surface area contributed by atoms with E-state index in [0.717, 1.165) is 50.2 Å². The number of H-pyrrole nitrogens is 3. The number of aromatic amines is 3. The van der Waals surface area contributed by atoms with Crippen LogP contribution in [0, 0.1) is 0 Å². The monoisotopic (exact) mass is 440 g/mol. The number of nitrogens with one attached hydrogen (secondary N) is 3. The molecule has 0 bridgehead atoms. The molecule has 0 saturated carbocycles. The third kappa shape index (κ3) is 3.53. The second-order valence-electron chi connectivity index (χ2n) is 8.13. The second kappa shape index (κ2) is 8.71. The van der Waals surface area contributed by atoms with Gasteiger partial charge in [-0.25, -0.2) is 0 Å². The van der Waals surface area contributed by atoms with Crippen LogP contribution in [0.5, 0.6) is 0 Å². The van der Waals surface area contributed by atoms with Crippen molar-refractivity contribution in [2.45, 2.75) is 0 Å². The van der Waals surface area contributed by atoms with Gasteiger partial charge in [-0.1, -0.05) is 91.0 Å². The largest absolute Gasteiger partial charge is 0.278 e. The quantitative estimate of drug-likeness (QED) is 0.347. The summed E-state index contributed by atoms with van der Waals surface area (Å²) < 4.78 is 0. The Bertz CT molecular complexity index is 1320. The molecule has 162 valence electrons. The molecule has 0 atom stereocenters. The van der Waals surface area contributed by atoms with Crippen LogP contribution in [0.2, 0.25) is 0 Å². The van der Waals surface area contributed by atoms with E-state index in [-0.39, 0.29) is 6.71 Å². The minimum Gasteiger partial charge on any atom is -0.278 e. The van der Waals surface area contributed by atoms with Gasteiger partial charge in [-0.2, -0.15) is 15.3 Å². The van der Waals surface area contributed by atoms with Crippen LogP contribution in [0.1, 0.15) is 0 Å². The summed E-state index contributed by atoms with van der Waals surface area (Å²) in [5, 5.41) is 23.1. The van der Waals surface area contributed by atoms with Crippen molar-refractivity contribution >= 4 is 23.1 Å². The number of nitrogens with zero attached hydrogens (tertiary/aromatic N) is 3. The fraction of sp³-hybridized carbons (Fsp3) is 0. The van der Waals surface area contributed by atoms with Crippen molar-refractivity contribution in [3.05, 3.63) is 110 Å². The van der Waals surface area contributed by atoms with Gasteiger partial charge in [0.1, 0.15) is 0 Å². The Hall–Kier alpha value is -4.65. The Morgan fingerprint density at radius 1 is 0.412 bits per heavy atom. The molecule has 0 amide bonds. The zero-order valence-electron chi connectivity index (χ0n) is 18.3. The summed E-state index contributed by atoms with van der Waals surface area (Å²) in [7, 11) is 0. The highest BCUT2D eigenvalue weighted by Gasteiger charge is 2.33. The van der Waals surface area contributed by atoms with E-state index in [2.05, 4.69) is 67.0 Å². The van der Waals surface area contributed by atoms with E-state index >= 15 is 0 Å². The van der Waals surface area contributed by atoms with Crippen molar-refractivity contribution in [2.24, 2.45) is 0 Å². The summed E-state index contributed by atoms with van der Waals surface area (Å²) in [5.74, 6) is 0. The third-order valence-corrected chi connectivity index (χ3v) is 6.13. The van der Waals surface area contributed by atoms with Gasteiger partial charge in [0.25, 0.3) is 6.71 Å². The first-order valence-corrected chi connectivity index (χ1v) is 11.2. The zero-order valence-corrected chi connectivity index (χ0v) is 18.3. The minimum absolute atomic E-state index is 0.156. The van der Waals surface area contributed by atoms with Crippen LogP contribution in [0.15, 0.2) is 110 Å². The number of rotatable bonds is 6. The summed E-state index contributed by atoms with van der Waals surface area (Å²) in [5.41, 5.74) is 9.34. The number of hydrogen-bond acceptors (Lipinski definition) is 3. The minimum atomic E-state index is -0.156.